The summed E-state index contributed by atoms with van der Waals surface area (Å²) in [5.74, 6) is 0.350. The van der Waals surface area contributed by atoms with Crippen molar-refractivity contribution in [2.45, 2.75) is 52.2 Å². The quantitative estimate of drug-likeness (QED) is 0.102. The molecule has 0 bridgehead atoms. The Bertz CT molecular complexity index is 772. The SMILES string of the molecule is CCOCCOCCOCCOCCOCCOCCOCCOCCOCCNC(=O)[C@H]1CC[C@H](CN2C(=O)C(C)C[C@H]2O)CC1. The maximum absolute atomic E-state index is 12.5. The summed E-state index contributed by atoms with van der Waals surface area (Å²) < 4.78 is 48.9. The van der Waals surface area contributed by atoms with Gasteiger partial charge < -0.3 is 58.0 Å². The number of carbonyl (C=O) groups excluding carboxylic acids is 2. The highest BCUT2D eigenvalue weighted by Gasteiger charge is 2.37. The Balaban J connectivity index is 1.23. The molecule has 1 saturated carbocycles. The highest BCUT2D eigenvalue weighted by Crippen LogP contribution is 2.32. The van der Waals surface area contributed by atoms with Gasteiger partial charge in [0.05, 0.1) is 112 Å². The van der Waals surface area contributed by atoms with Crippen LogP contribution in [0.25, 0.3) is 0 Å². The summed E-state index contributed by atoms with van der Waals surface area (Å²) in [6.07, 6.45) is 3.25. The Morgan fingerprint density at radius 3 is 1.40 bits per heavy atom. The van der Waals surface area contributed by atoms with Crippen LogP contribution in [0.3, 0.4) is 0 Å². The molecule has 2 fully saturated rings. The first-order valence-electron chi connectivity index (χ1n) is 17.5. The van der Waals surface area contributed by atoms with Crippen molar-refractivity contribution in [1.29, 1.82) is 0 Å². The second kappa shape index (κ2) is 28.4. The lowest BCUT2D eigenvalue weighted by molar-refractivity contribution is -0.137. The molecule has 1 unspecified atom stereocenters. The van der Waals surface area contributed by atoms with Crippen LogP contribution in [0.1, 0.15) is 46.0 Å². The van der Waals surface area contributed by atoms with E-state index < -0.39 is 6.23 Å². The van der Waals surface area contributed by atoms with Crippen molar-refractivity contribution in [3.8, 4) is 0 Å². The maximum Gasteiger partial charge on any atom is 0.227 e. The topological polar surface area (TPSA) is 153 Å². The summed E-state index contributed by atoms with van der Waals surface area (Å²) in [6.45, 7) is 14.2. The van der Waals surface area contributed by atoms with Crippen molar-refractivity contribution in [2.24, 2.45) is 17.8 Å². The Labute approximate surface area is 281 Å². The van der Waals surface area contributed by atoms with E-state index in [1.807, 2.05) is 13.8 Å². The lowest BCUT2D eigenvalue weighted by Crippen LogP contribution is -2.40. The van der Waals surface area contributed by atoms with Crippen molar-refractivity contribution in [1.82, 2.24) is 10.2 Å². The van der Waals surface area contributed by atoms with E-state index in [1.165, 1.54) is 0 Å². The number of amides is 2. The van der Waals surface area contributed by atoms with Gasteiger partial charge in [0, 0.05) is 38.0 Å². The third-order valence-electron chi connectivity index (χ3n) is 8.03. The molecule has 1 saturated heterocycles. The van der Waals surface area contributed by atoms with E-state index in [9.17, 15) is 14.7 Å². The van der Waals surface area contributed by atoms with Crippen LogP contribution in [0.2, 0.25) is 0 Å². The van der Waals surface area contributed by atoms with E-state index in [1.54, 1.807) is 4.90 Å². The minimum Gasteiger partial charge on any atom is -0.379 e. The number of hydrogen-bond donors (Lipinski definition) is 2. The number of likely N-dealkylation sites (tertiary alicyclic amines) is 1. The lowest BCUT2D eigenvalue weighted by atomic mass is 9.81. The van der Waals surface area contributed by atoms with E-state index in [0.29, 0.717) is 144 Å². The fourth-order valence-corrected chi connectivity index (χ4v) is 5.37. The zero-order chi connectivity index (χ0) is 33.8. The third-order valence-corrected chi connectivity index (χ3v) is 8.03. The average molecular weight is 679 g/mol. The Kier molecular flexibility index (Phi) is 25.2. The molecule has 2 rings (SSSR count). The number of nitrogens with zero attached hydrogens (tertiary/aromatic N) is 1. The van der Waals surface area contributed by atoms with Crippen LogP contribution in [-0.2, 0) is 52.2 Å². The van der Waals surface area contributed by atoms with Crippen LogP contribution in [0.5, 0.6) is 0 Å². The standard InChI is InChI=1S/C33H62N2O12/c1-3-39-10-11-41-14-15-43-18-19-45-22-23-47-25-24-46-21-20-44-17-16-42-13-12-40-9-8-34-32(37)30-6-4-29(5-7-30)27-35-31(36)26-28(2)33(35)38/h28-31,36H,3-27H2,1-2H3,(H,34,37)/t28?,29-,30-,31-/m1/s1. The number of aliphatic hydroxyl groups excluding tert-OH is 1. The molecule has 0 spiro atoms. The van der Waals surface area contributed by atoms with Crippen LogP contribution >= 0.6 is 0 Å². The monoisotopic (exact) mass is 678 g/mol. The minimum absolute atomic E-state index is 0.00125. The molecule has 0 aromatic heterocycles. The van der Waals surface area contributed by atoms with Crippen molar-refractivity contribution < 1.29 is 57.3 Å². The van der Waals surface area contributed by atoms with Gasteiger partial charge in [-0.3, -0.25) is 9.59 Å². The van der Waals surface area contributed by atoms with E-state index >= 15 is 0 Å². The normalized spacial score (nSPS) is 21.5. The van der Waals surface area contributed by atoms with Gasteiger partial charge in [-0.1, -0.05) is 6.92 Å². The molecule has 0 radical (unpaired) electrons. The Hall–Kier alpha value is -1.46. The Morgan fingerprint density at radius 2 is 1.04 bits per heavy atom. The van der Waals surface area contributed by atoms with Gasteiger partial charge in [-0.2, -0.15) is 0 Å². The van der Waals surface area contributed by atoms with Crippen LogP contribution in [0.15, 0.2) is 0 Å². The van der Waals surface area contributed by atoms with Gasteiger partial charge >= 0.3 is 0 Å². The molecule has 2 atom stereocenters. The van der Waals surface area contributed by atoms with Crippen molar-refractivity contribution >= 4 is 11.8 Å². The molecular formula is C33H62N2O12. The molecule has 2 N–H and O–H groups in total. The molecule has 1 aliphatic carbocycles. The van der Waals surface area contributed by atoms with Gasteiger partial charge in [0.15, 0.2) is 0 Å². The summed E-state index contributed by atoms with van der Waals surface area (Å²) in [6, 6.07) is 0. The molecule has 47 heavy (non-hydrogen) atoms. The first kappa shape index (κ1) is 41.7. The number of nitrogens with one attached hydrogen (secondary N) is 1. The number of hydrogen-bond acceptors (Lipinski definition) is 12. The highest BCUT2D eigenvalue weighted by atomic mass is 16.6. The van der Waals surface area contributed by atoms with Crippen molar-refractivity contribution in [2.75, 3.05) is 132 Å². The van der Waals surface area contributed by atoms with Crippen LogP contribution in [0.4, 0.5) is 0 Å². The summed E-state index contributed by atoms with van der Waals surface area (Å²) in [5.41, 5.74) is 0. The minimum atomic E-state index is -0.664. The van der Waals surface area contributed by atoms with Gasteiger partial charge in [-0.25, -0.2) is 0 Å². The van der Waals surface area contributed by atoms with E-state index in [-0.39, 0.29) is 23.7 Å². The summed E-state index contributed by atoms with van der Waals surface area (Å²) in [4.78, 5) is 26.3. The van der Waals surface area contributed by atoms with Gasteiger partial charge in [-0.15, -0.1) is 0 Å². The fraction of sp³-hybridized carbons (Fsp3) is 0.939. The number of carbonyl (C=O) groups is 2. The van der Waals surface area contributed by atoms with Gasteiger partial charge in [0.1, 0.15) is 6.23 Å². The molecule has 2 amide bonds. The molecule has 14 heteroatoms. The zero-order valence-corrected chi connectivity index (χ0v) is 28.9. The molecule has 276 valence electrons. The Morgan fingerprint density at radius 1 is 0.660 bits per heavy atom. The number of rotatable bonds is 31. The molecular weight excluding hydrogens is 616 g/mol. The zero-order valence-electron chi connectivity index (χ0n) is 28.9. The first-order valence-corrected chi connectivity index (χ1v) is 17.5. The van der Waals surface area contributed by atoms with E-state index in [2.05, 4.69) is 5.32 Å². The predicted octanol–water partition coefficient (Wildman–Crippen LogP) is 1.27. The summed E-state index contributed by atoms with van der Waals surface area (Å²) in [7, 11) is 0. The van der Waals surface area contributed by atoms with Crippen LogP contribution < -0.4 is 5.32 Å². The molecule has 0 aromatic carbocycles. The molecule has 14 nitrogen and oxygen atoms in total. The molecule has 1 aliphatic heterocycles. The summed E-state index contributed by atoms with van der Waals surface area (Å²) >= 11 is 0. The largest absolute Gasteiger partial charge is 0.379 e. The van der Waals surface area contributed by atoms with E-state index in [4.69, 9.17) is 42.6 Å². The van der Waals surface area contributed by atoms with Gasteiger partial charge in [0.25, 0.3) is 0 Å². The summed E-state index contributed by atoms with van der Waals surface area (Å²) in [5, 5.41) is 13.1. The number of ether oxygens (including phenoxy) is 9. The number of aliphatic hydroxyl groups is 1. The first-order chi connectivity index (χ1) is 23.0. The lowest BCUT2D eigenvalue weighted by Gasteiger charge is -2.32. The molecule has 0 aromatic rings. The maximum atomic E-state index is 12.5. The molecule has 2 aliphatic rings. The van der Waals surface area contributed by atoms with Gasteiger partial charge in [-0.05, 0) is 38.5 Å². The van der Waals surface area contributed by atoms with Gasteiger partial charge in [0.2, 0.25) is 11.8 Å². The third kappa shape index (κ3) is 20.6. The van der Waals surface area contributed by atoms with Crippen LogP contribution in [0, 0.1) is 17.8 Å². The highest BCUT2D eigenvalue weighted by molar-refractivity contribution is 5.81. The second-order valence-electron chi connectivity index (χ2n) is 11.7. The van der Waals surface area contributed by atoms with Crippen molar-refractivity contribution in [3.63, 3.8) is 0 Å². The molecule has 1 heterocycles. The smallest absolute Gasteiger partial charge is 0.227 e. The van der Waals surface area contributed by atoms with Crippen LogP contribution in [-0.4, -0.2) is 160 Å². The second-order valence-corrected chi connectivity index (χ2v) is 11.7. The predicted molar refractivity (Wildman–Crippen MR) is 173 cm³/mol. The average Bonchev–Trinajstić information content (AvgIpc) is 3.31. The van der Waals surface area contributed by atoms with Crippen molar-refractivity contribution in [3.05, 3.63) is 0 Å². The fourth-order valence-electron chi connectivity index (χ4n) is 5.37. The van der Waals surface area contributed by atoms with E-state index in [0.717, 1.165) is 25.7 Å².